The Morgan fingerprint density at radius 2 is 1.96 bits per heavy atom. The third kappa shape index (κ3) is 2.64. The predicted octanol–water partition coefficient (Wildman–Crippen LogP) is 2.39. The number of aromatic nitrogens is 3. The molecule has 3 aromatic rings. The Bertz CT molecular complexity index is 965. The van der Waals surface area contributed by atoms with Gasteiger partial charge in [-0.3, -0.25) is 9.36 Å². The number of alkyl halides is 3. The molecule has 124 valence electrons. The number of nitrogens with zero attached hydrogens (tertiary/aromatic N) is 3. The van der Waals surface area contributed by atoms with Crippen molar-refractivity contribution >= 4 is 16.7 Å². The zero-order chi connectivity index (χ0) is 17.5. The van der Waals surface area contributed by atoms with Crippen LogP contribution in [-0.2, 0) is 6.18 Å². The summed E-state index contributed by atoms with van der Waals surface area (Å²) in [4.78, 5) is 19.8. The smallest absolute Gasteiger partial charge is 0.433 e. The lowest BCUT2D eigenvalue weighted by molar-refractivity contribution is -0.141. The van der Waals surface area contributed by atoms with E-state index in [0.717, 1.165) is 16.7 Å². The van der Waals surface area contributed by atoms with Gasteiger partial charge in [0, 0.05) is 23.2 Å². The highest BCUT2D eigenvalue weighted by molar-refractivity contribution is 5.88. The van der Waals surface area contributed by atoms with Crippen LogP contribution in [0.1, 0.15) is 5.69 Å². The van der Waals surface area contributed by atoms with E-state index in [9.17, 15) is 18.0 Å². The number of hydrogen-bond acceptors (Lipinski definition) is 5. The Balaban J connectivity index is 2.34. The molecule has 0 amide bonds. The molecule has 0 aliphatic carbocycles. The first-order valence-corrected chi connectivity index (χ1v) is 6.71. The minimum Gasteiger partial charge on any atom is -0.481 e. The van der Waals surface area contributed by atoms with E-state index in [0.29, 0.717) is 5.88 Å². The molecule has 0 fully saturated rings. The number of methoxy groups -OCH3 is 1. The van der Waals surface area contributed by atoms with Gasteiger partial charge in [-0.15, -0.1) is 0 Å². The van der Waals surface area contributed by atoms with Crippen molar-refractivity contribution in [3.63, 3.8) is 0 Å². The van der Waals surface area contributed by atoms with Crippen molar-refractivity contribution in [1.29, 1.82) is 0 Å². The van der Waals surface area contributed by atoms with Gasteiger partial charge in [0.15, 0.2) is 0 Å². The van der Waals surface area contributed by atoms with Crippen LogP contribution in [0.15, 0.2) is 41.3 Å². The van der Waals surface area contributed by atoms with Crippen LogP contribution in [0.3, 0.4) is 0 Å². The molecular weight excluding hydrogens is 325 g/mol. The molecule has 9 heteroatoms. The molecule has 0 aromatic carbocycles. The Morgan fingerprint density at radius 3 is 2.54 bits per heavy atom. The van der Waals surface area contributed by atoms with Crippen LogP contribution >= 0.6 is 0 Å². The summed E-state index contributed by atoms with van der Waals surface area (Å²) < 4.78 is 44.8. The average molecular weight is 336 g/mol. The van der Waals surface area contributed by atoms with Crippen molar-refractivity contribution in [3.8, 4) is 11.6 Å². The second-order valence-electron chi connectivity index (χ2n) is 4.90. The van der Waals surface area contributed by atoms with Gasteiger partial charge >= 0.3 is 6.18 Å². The van der Waals surface area contributed by atoms with Gasteiger partial charge in [-0.2, -0.15) is 13.2 Å². The van der Waals surface area contributed by atoms with E-state index < -0.39 is 17.4 Å². The number of nitrogens with two attached hydrogens (primary N) is 1. The van der Waals surface area contributed by atoms with E-state index in [-0.39, 0.29) is 22.4 Å². The maximum atomic E-state index is 12.9. The van der Waals surface area contributed by atoms with E-state index in [2.05, 4.69) is 9.97 Å². The molecule has 0 aliphatic rings. The highest BCUT2D eigenvalue weighted by Gasteiger charge is 2.33. The summed E-state index contributed by atoms with van der Waals surface area (Å²) in [6, 6.07) is 6.11. The quantitative estimate of drug-likeness (QED) is 0.777. The van der Waals surface area contributed by atoms with Gasteiger partial charge in [-0.05, 0) is 18.2 Å². The van der Waals surface area contributed by atoms with Crippen LogP contribution in [0.4, 0.5) is 18.9 Å². The van der Waals surface area contributed by atoms with E-state index in [1.54, 1.807) is 0 Å². The number of hydrogen-bond donors (Lipinski definition) is 1. The van der Waals surface area contributed by atoms with Gasteiger partial charge < -0.3 is 10.5 Å². The molecule has 0 radical (unpaired) electrons. The van der Waals surface area contributed by atoms with Gasteiger partial charge in [0.25, 0.3) is 5.56 Å². The minimum atomic E-state index is -4.64. The number of fused-ring (bicyclic) bond motifs is 1. The summed E-state index contributed by atoms with van der Waals surface area (Å²) in [7, 11) is 1.42. The first-order valence-electron chi connectivity index (χ1n) is 6.71. The summed E-state index contributed by atoms with van der Waals surface area (Å²) in [5, 5.41) is 0.235. The number of halogens is 3. The van der Waals surface area contributed by atoms with Crippen molar-refractivity contribution in [2.45, 2.75) is 6.18 Å². The van der Waals surface area contributed by atoms with Crippen molar-refractivity contribution < 1.29 is 17.9 Å². The lowest BCUT2D eigenvalue weighted by Crippen LogP contribution is -2.21. The van der Waals surface area contributed by atoms with Crippen molar-refractivity contribution in [2.24, 2.45) is 0 Å². The summed E-state index contributed by atoms with van der Waals surface area (Å²) in [5.74, 6) is 0.301. The predicted molar refractivity (Wildman–Crippen MR) is 81.1 cm³/mol. The van der Waals surface area contributed by atoms with Gasteiger partial charge in [0.1, 0.15) is 11.3 Å². The summed E-state index contributed by atoms with van der Waals surface area (Å²) in [6.45, 7) is 0. The van der Waals surface area contributed by atoms with E-state index in [4.69, 9.17) is 10.5 Å². The number of anilines is 1. The fourth-order valence-corrected chi connectivity index (χ4v) is 2.26. The lowest BCUT2D eigenvalue weighted by Gasteiger charge is -2.13. The summed E-state index contributed by atoms with van der Waals surface area (Å²) >= 11 is 0. The average Bonchev–Trinajstić information content (AvgIpc) is 2.54. The Morgan fingerprint density at radius 1 is 1.21 bits per heavy atom. The first kappa shape index (κ1) is 15.8. The normalized spacial score (nSPS) is 11.7. The SMILES string of the molecule is COc1ccc(-n2c(=O)cc(N)c3ccc(C(F)(F)F)nc32)cn1. The molecule has 3 rings (SSSR count). The number of nitrogen functional groups attached to an aromatic ring is 1. The molecule has 0 unspecified atom stereocenters. The van der Waals surface area contributed by atoms with Crippen molar-refractivity contribution in [2.75, 3.05) is 12.8 Å². The summed E-state index contributed by atoms with van der Waals surface area (Å²) in [5.41, 5.74) is 4.12. The highest BCUT2D eigenvalue weighted by atomic mass is 19.4. The monoisotopic (exact) mass is 336 g/mol. The molecule has 0 spiro atoms. The molecule has 3 heterocycles. The van der Waals surface area contributed by atoms with Crippen LogP contribution in [0.5, 0.6) is 5.88 Å². The van der Waals surface area contributed by atoms with Gasteiger partial charge in [0.2, 0.25) is 5.88 Å². The Labute approximate surface area is 133 Å². The lowest BCUT2D eigenvalue weighted by atomic mass is 10.2. The molecule has 0 aliphatic heterocycles. The van der Waals surface area contributed by atoms with E-state index >= 15 is 0 Å². The fourth-order valence-electron chi connectivity index (χ4n) is 2.26. The zero-order valence-corrected chi connectivity index (χ0v) is 12.3. The van der Waals surface area contributed by atoms with Crippen LogP contribution in [0.25, 0.3) is 16.7 Å². The van der Waals surface area contributed by atoms with Crippen molar-refractivity contribution in [3.05, 3.63) is 52.6 Å². The first-order chi connectivity index (χ1) is 11.3. The molecule has 0 saturated heterocycles. The van der Waals surface area contributed by atoms with Crippen LogP contribution in [0.2, 0.25) is 0 Å². The molecule has 6 nitrogen and oxygen atoms in total. The van der Waals surface area contributed by atoms with E-state index in [1.807, 2.05) is 0 Å². The maximum Gasteiger partial charge on any atom is 0.433 e. The maximum absolute atomic E-state index is 12.9. The minimum absolute atomic E-state index is 0.0499. The Hall–Kier alpha value is -3.10. The van der Waals surface area contributed by atoms with Crippen LogP contribution in [-0.4, -0.2) is 21.6 Å². The fraction of sp³-hybridized carbons (Fsp3) is 0.133. The molecular formula is C15H11F3N4O2. The molecule has 24 heavy (non-hydrogen) atoms. The third-order valence-corrected chi connectivity index (χ3v) is 3.38. The zero-order valence-electron chi connectivity index (χ0n) is 12.3. The number of rotatable bonds is 2. The highest BCUT2D eigenvalue weighted by Crippen LogP contribution is 2.30. The van der Waals surface area contributed by atoms with Crippen LogP contribution < -0.4 is 16.0 Å². The largest absolute Gasteiger partial charge is 0.481 e. The van der Waals surface area contributed by atoms with Crippen LogP contribution in [0, 0.1) is 0 Å². The van der Waals surface area contributed by atoms with E-state index in [1.165, 1.54) is 31.5 Å². The van der Waals surface area contributed by atoms with Crippen molar-refractivity contribution in [1.82, 2.24) is 14.5 Å². The topological polar surface area (TPSA) is 83.0 Å². The second kappa shape index (κ2) is 5.52. The van der Waals surface area contributed by atoms with Gasteiger partial charge in [-0.25, -0.2) is 9.97 Å². The number of ether oxygens (including phenoxy) is 1. The third-order valence-electron chi connectivity index (χ3n) is 3.38. The second-order valence-corrected chi connectivity index (χ2v) is 4.90. The standard InChI is InChI=1S/C15H11F3N4O2/c1-24-12-5-2-8(7-20-12)22-13(23)6-10(19)9-3-4-11(15(16,17)18)21-14(9)22/h2-7H,19H2,1H3. The molecule has 0 saturated carbocycles. The molecule has 0 bridgehead atoms. The van der Waals surface area contributed by atoms with Gasteiger partial charge in [0.05, 0.1) is 19.0 Å². The molecule has 0 atom stereocenters. The van der Waals surface area contributed by atoms with Gasteiger partial charge in [-0.1, -0.05) is 0 Å². The molecule has 3 aromatic heterocycles. The number of pyridine rings is 3. The molecule has 2 N–H and O–H groups in total. The Kier molecular flexibility index (Phi) is 3.63. The summed E-state index contributed by atoms with van der Waals surface area (Å²) in [6.07, 6.45) is -3.34.